The highest BCUT2D eigenvalue weighted by atomic mass is 16.6. The van der Waals surface area contributed by atoms with Crippen molar-refractivity contribution >= 4 is 5.97 Å². The third kappa shape index (κ3) is 2.91. The molecule has 0 fully saturated rings. The fraction of sp³-hybridized carbons (Fsp3) is 0.333. The molecule has 0 N–H and O–H groups in total. The van der Waals surface area contributed by atoms with Gasteiger partial charge in [-0.3, -0.25) is 4.98 Å². The lowest BCUT2D eigenvalue weighted by molar-refractivity contribution is -0.152. The summed E-state index contributed by atoms with van der Waals surface area (Å²) in [6, 6.07) is 3.65. The Morgan fingerprint density at radius 2 is 1.93 bits per heavy atom. The second-order valence-corrected chi connectivity index (χ2v) is 3.92. The maximum atomic E-state index is 11.4. The number of carbonyl (C=O) groups excluding carboxylic acids is 1. The zero-order chi connectivity index (χ0) is 11.5. The lowest BCUT2D eigenvalue weighted by Gasteiger charge is -2.25. The third-order valence-electron chi connectivity index (χ3n) is 2.07. The van der Waals surface area contributed by atoms with Crippen LogP contribution in [0.1, 0.15) is 26.3 Å². The van der Waals surface area contributed by atoms with E-state index >= 15 is 0 Å². The standard InChI is InChI=1S/C12H15NO2/c1-9(2)11(14)15-12(3,4)10-5-7-13-8-6-10/h5-8H,1H2,2-4H3. The zero-order valence-corrected chi connectivity index (χ0v) is 9.28. The zero-order valence-electron chi connectivity index (χ0n) is 9.28. The molecular formula is C12H15NO2. The summed E-state index contributed by atoms with van der Waals surface area (Å²) in [5.41, 5.74) is 0.656. The highest BCUT2D eigenvalue weighted by Crippen LogP contribution is 2.24. The van der Waals surface area contributed by atoms with Gasteiger partial charge in [-0.1, -0.05) is 6.58 Å². The van der Waals surface area contributed by atoms with Crippen molar-refractivity contribution in [3.05, 3.63) is 42.2 Å². The molecule has 0 unspecified atom stereocenters. The summed E-state index contributed by atoms with van der Waals surface area (Å²) in [5, 5.41) is 0. The fourth-order valence-electron chi connectivity index (χ4n) is 1.13. The van der Waals surface area contributed by atoms with Gasteiger partial charge >= 0.3 is 5.97 Å². The van der Waals surface area contributed by atoms with Crippen LogP contribution in [0.15, 0.2) is 36.7 Å². The van der Waals surface area contributed by atoms with Crippen molar-refractivity contribution < 1.29 is 9.53 Å². The summed E-state index contributed by atoms with van der Waals surface area (Å²) in [5.74, 6) is -0.378. The van der Waals surface area contributed by atoms with E-state index in [1.165, 1.54) is 0 Å². The van der Waals surface area contributed by atoms with E-state index in [0.29, 0.717) is 5.57 Å². The molecule has 0 amide bonds. The van der Waals surface area contributed by atoms with Crippen molar-refractivity contribution in [1.29, 1.82) is 0 Å². The average Bonchev–Trinajstić information content (AvgIpc) is 2.18. The van der Waals surface area contributed by atoms with Gasteiger partial charge in [0, 0.05) is 18.0 Å². The van der Waals surface area contributed by atoms with Crippen molar-refractivity contribution in [3.8, 4) is 0 Å². The van der Waals surface area contributed by atoms with Gasteiger partial charge < -0.3 is 4.74 Å². The average molecular weight is 205 g/mol. The van der Waals surface area contributed by atoms with E-state index < -0.39 is 5.60 Å². The smallest absolute Gasteiger partial charge is 0.333 e. The summed E-state index contributed by atoms with van der Waals surface area (Å²) in [6.07, 6.45) is 3.34. The van der Waals surface area contributed by atoms with Crippen LogP contribution in [0.5, 0.6) is 0 Å². The number of hydrogen-bond donors (Lipinski definition) is 0. The molecule has 15 heavy (non-hydrogen) atoms. The molecule has 0 saturated heterocycles. The van der Waals surface area contributed by atoms with E-state index in [1.807, 2.05) is 26.0 Å². The Morgan fingerprint density at radius 3 is 2.40 bits per heavy atom. The lowest BCUT2D eigenvalue weighted by Crippen LogP contribution is -2.25. The van der Waals surface area contributed by atoms with Crippen LogP contribution >= 0.6 is 0 Å². The van der Waals surface area contributed by atoms with Crippen LogP contribution in [-0.4, -0.2) is 11.0 Å². The number of rotatable bonds is 3. The second kappa shape index (κ2) is 4.26. The number of esters is 1. The topological polar surface area (TPSA) is 39.2 Å². The van der Waals surface area contributed by atoms with Crippen LogP contribution in [0.25, 0.3) is 0 Å². The highest BCUT2D eigenvalue weighted by molar-refractivity contribution is 5.87. The van der Waals surface area contributed by atoms with Gasteiger partial charge in [-0.05, 0) is 38.5 Å². The van der Waals surface area contributed by atoms with E-state index in [9.17, 15) is 4.79 Å². The van der Waals surface area contributed by atoms with Gasteiger partial charge in [0.1, 0.15) is 5.60 Å². The van der Waals surface area contributed by atoms with Gasteiger partial charge in [0.2, 0.25) is 0 Å². The van der Waals surface area contributed by atoms with Gasteiger partial charge in [0.05, 0.1) is 0 Å². The molecule has 0 aliphatic heterocycles. The number of nitrogens with zero attached hydrogens (tertiary/aromatic N) is 1. The summed E-state index contributed by atoms with van der Waals surface area (Å²) in [6.45, 7) is 8.85. The first-order chi connectivity index (χ1) is 6.93. The summed E-state index contributed by atoms with van der Waals surface area (Å²) < 4.78 is 5.32. The molecular weight excluding hydrogens is 190 g/mol. The molecule has 1 rings (SSSR count). The first-order valence-corrected chi connectivity index (χ1v) is 4.73. The Labute approximate surface area is 89.8 Å². The molecule has 0 aliphatic rings. The predicted molar refractivity (Wildman–Crippen MR) is 58.2 cm³/mol. The van der Waals surface area contributed by atoms with Crippen LogP contribution in [0.2, 0.25) is 0 Å². The monoisotopic (exact) mass is 205 g/mol. The van der Waals surface area contributed by atoms with Crippen molar-refractivity contribution in [1.82, 2.24) is 4.98 Å². The minimum atomic E-state index is -0.654. The minimum absolute atomic E-state index is 0.378. The number of hydrogen-bond acceptors (Lipinski definition) is 3. The van der Waals surface area contributed by atoms with Gasteiger partial charge in [-0.15, -0.1) is 0 Å². The van der Waals surface area contributed by atoms with Gasteiger partial charge in [-0.25, -0.2) is 4.79 Å². The van der Waals surface area contributed by atoms with Crippen molar-refractivity contribution in [3.63, 3.8) is 0 Å². The van der Waals surface area contributed by atoms with Gasteiger partial charge in [0.15, 0.2) is 0 Å². The molecule has 0 aromatic carbocycles. The Hall–Kier alpha value is -1.64. The Morgan fingerprint density at radius 1 is 1.40 bits per heavy atom. The van der Waals surface area contributed by atoms with Crippen LogP contribution in [-0.2, 0) is 15.1 Å². The predicted octanol–water partition coefficient (Wildman–Crippen LogP) is 2.44. The quantitative estimate of drug-likeness (QED) is 0.562. The molecule has 0 aliphatic carbocycles. The molecule has 1 heterocycles. The van der Waals surface area contributed by atoms with Crippen LogP contribution in [0, 0.1) is 0 Å². The van der Waals surface area contributed by atoms with E-state index in [0.717, 1.165) is 5.56 Å². The Kier molecular flexibility index (Phi) is 3.24. The number of ether oxygens (including phenoxy) is 1. The van der Waals surface area contributed by atoms with E-state index in [1.54, 1.807) is 19.3 Å². The minimum Gasteiger partial charge on any atom is -0.451 e. The highest BCUT2D eigenvalue weighted by Gasteiger charge is 2.25. The summed E-state index contributed by atoms with van der Waals surface area (Å²) in [4.78, 5) is 15.3. The number of carbonyl (C=O) groups is 1. The van der Waals surface area contributed by atoms with Gasteiger partial charge in [-0.2, -0.15) is 0 Å². The number of aromatic nitrogens is 1. The molecule has 80 valence electrons. The molecule has 0 spiro atoms. The van der Waals surface area contributed by atoms with E-state index in [-0.39, 0.29) is 5.97 Å². The van der Waals surface area contributed by atoms with Crippen molar-refractivity contribution in [2.75, 3.05) is 0 Å². The van der Waals surface area contributed by atoms with E-state index in [2.05, 4.69) is 11.6 Å². The maximum absolute atomic E-state index is 11.4. The van der Waals surface area contributed by atoms with Crippen LogP contribution in [0.3, 0.4) is 0 Å². The molecule has 0 radical (unpaired) electrons. The third-order valence-corrected chi connectivity index (χ3v) is 2.07. The van der Waals surface area contributed by atoms with Crippen LogP contribution in [0.4, 0.5) is 0 Å². The fourth-order valence-corrected chi connectivity index (χ4v) is 1.13. The largest absolute Gasteiger partial charge is 0.451 e. The van der Waals surface area contributed by atoms with Crippen LogP contribution < -0.4 is 0 Å². The van der Waals surface area contributed by atoms with Crippen molar-refractivity contribution in [2.45, 2.75) is 26.4 Å². The molecule has 0 atom stereocenters. The maximum Gasteiger partial charge on any atom is 0.333 e. The Bertz CT molecular complexity index is 368. The SMILES string of the molecule is C=C(C)C(=O)OC(C)(C)c1ccncc1. The summed E-state index contributed by atoms with van der Waals surface area (Å²) >= 11 is 0. The first-order valence-electron chi connectivity index (χ1n) is 4.73. The Balaban J connectivity index is 2.85. The molecule has 3 heteroatoms. The number of pyridine rings is 1. The van der Waals surface area contributed by atoms with Crippen molar-refractivity contribution in [2.24, 2.45) is 0 Å². The second-order valence-electron chi connectivity index (χ2n) is 3.92. The molecule has 0 saturated carbocycles. The normalized spacial score (nSPS) is 10.9. The van der Waals surface area contributed by atoms with Gasteiger partial charge in [0.25, 0.3) is 0 Å². The lowest BCUT2D eigenvalue weighted by atomic mass is 9.99. The molecule has 3 nitrogen and oxygen atoms in total. The molecule has 1 aromatic heterocycles. The first kappa shape index (κ1) is 11.4. The van der Waals surface area contributed by atoms with E-state index in [4.69, 9.17) is 4.74 Å². The summed E-state index contributed by atoms with van der Waals surface area (Å²) in [7, 11) is 0. The molecule has 1 aromatic rings. The molecule has 0 bridgehead atoms.